The summed E-state index contributed by atoms with van der Waals surface area (Å²) in [7, 11) is 1.44. The van der Waals surface area contributed by atoms with Crippen molar-refractivity contribution in [3.63, 3.8) is 0 Å². The van der Waals surface area contributed by atoms with Crippen molar-refractivity contribution >= 4 is 17.7 Å². The van der Waals surface area contributed by atoms with Crippen molar-refractivity contribution in [3.05, 3.63) is 0 Å². The zero-order valence-corrected chi connectivity index (χ0v) is 10.5. The Morgan fingerprint density at radius 3 is 3.00 bits per heavy atom. The van der Waals surface area contributed by atoms with Gasteiger partial charge >= 0.3 is 5.97 Å². The molecule has 4 heteroatoms. The van der Waals surface area contributed by atoms with E-state index < -0.39 is 0 Å². The molecule has 0 aliphatic carbocycles. The van der Waals surface area contributed by atoms with Crippen LogP contribution in [0.2, 0.25) is 0 Å². The van der Waals surface area contributed by atoms with Crippen molar-refractivity contribution < 1.29 is 9.53 Å². The monoisotopic (exact) mass is 231 g/mol. The van der Waals surface area contributed by atoms with Crippen LogP contribution in [-0.4, -0.2) is 36.7 Å². The number of nitrogens with one attached hydrogen (secondary N) is 1. The first-order chi connectivity index (χ1) is 7.16. The molecule has 1 rings (SSSR count). The predicted molar refractivity (Wildman–Crippen MR) is 64.2 cm³/mol. The number of carbonyl (C=O) groups excluding carboxylic acids is 1. The molecule has 0 saturated carbocycles. The lowest BCUT2D eigenvalue weighted by molar-refractivity contribution is -0.140. The second kappa shape index (κ2) is 6.38. The van der Waals surface area contributed by atoms with Gasteiger partial charge in [-0.15, -0.1) is 0 Å². The molecule has 1 heterocycles. The molecule has 0 aromatic carbocycles. The zero-order valence-electron chi connectivity index (χ0n) is 9.67. The van der Waals surface area contributed by atoms with Crippen LogP contribution in [-0.2, 0) is 9.53 Å². The molecule has 0 radical (unpaired) electrons. The lowest BCUT2D eigenvalue weighted by atomic mass is 10.1. The van der Waals surface area contributed by atoms with E-state index in [1.165, 1.54) is 25.7 Å². The zero-order chi connectivity index (χ0) is 11.1. The fourth-order valence-corrected chi connectivity index (χ4v) is 3.06. The van der Waals surface area contributed by atoms with Gasteiger partial charge in [-0.25, -0.2) is 0 Å². The first-order valence-electron chi connectivity index (χ1n) is 5.58. The first-order valence-corrected chi connectivity index (χ1v) is 6.56. The molecule has 1 fully saturated rings. The Morgan fingerprint density at radius 2 is 2.40 bits per heavy atom. The van der Waals surface area contributed by atoms with Gasteiger partial charge in [0, 0.05) is 17.7 Å². The maximum Gasteiger partial charge on any atom is 0.305 e. The smallest absolute Gasteiger partial charge is 0.305 e. The number of ether oxygens (including phenoxy) is 1. The molecule has 1 saturated heterocycles. The first kappa shape index (κ1) is 12.8. The Morgan fingerprint density at radius 1 is 1.60 bits per heavy atom. The van der Waals surface area contributed by atoms with E-state index in [0.29, 0.717) is 11.2 Å². The lowest BCUT2D eigenvalue weighted by Gasteiger charge is -2.22. The van der Waals surface area contributed by atoms with Gasteiger partial charge in [0.2, 0.25) is 0 Å². The third-order valence-electron chi connectivity index (χ3n) is 2.76. The second-order valence-electron chi connectivity index (χ2n) is 4.26. The standard InChI is InChI=1S/C11H21NO2S/c1-11(6-4-8-15-11)9-12-7-3-5-10(13)14-2/h12H,3-9H2,1-2H3. The number of hydrogen-bond acceptors (Lipinski definition) is 4. The number of thioether (sulfide) groups is 1. The van der Waals surface area contributed by atoms with Crippen molar-refractivity contribution in [1.29, 1.82) is 0 Å². The summed E-state index contributed by atoms with van der Waals surface area (Å²) in [5.74, 6) is 1.18. The summed E-state index contributed by atoms with van der Waals surface area (Å²) in [5, 5.41) is 3.42. The van der Waals surface area contributed by atoms with Crippen LogP contribution >= 0.6 is 11.8 Å². The molecule has 1 aliphatic heterocycles. The number of esters is 1. The number of methoxy groups -OCH3 is 1. The van der Waals surface area contributed by atoms with Crippen molar-refractivity contribution in [1.82, 2.24) is 5.32 Å². The number of hydrogen-bond donors (Lipinski definition) is 1. The van der Waals surface area contributed by atoms with Gasteiger partial charge in [-0.05, 0) is 38.5 Å². The molecule has 1 N–H and O–H groups in total. The van der Waals surface area contributed by atoms with E-state index in [9.17, 15) is 4.79 Å². The highest BCUT2D eigenvalue weighted by Gasteiger charge is 2.28. The van der Waals surface area contributed by atoms with E-state index in [0.717, 1.165) is 19.5 Å². The van der Waals surface area contributed by atoms with Crippen molar-refractivity contribution in [3.8, 4) is 0 Å². The predicted octanol–water partition coefficient (Wildman–Crippen LogP) is 1.81. The summed E-state index contributed by atoms with van der Waals surface area (Å²) in [6.45, 7) is 4.28. The summed E-state index contributed by atoms with van der Waals surface area (Å²) >= 11 is 2.06. The molecule has 3 nitrogen and oxygen atoms in total. The largest absolute Gasteiger partial charge is 0.469 e. The van der Waals surface area contributed by atoms with E-state index in [-0.39, 0.29) is 5.97 Å². The van der Waals surface area contributed by atoms with Gasteiger partial charge in [0.15, 0.2) is 0 Å². The minimum atomic E-state index is -0.113. The summed E-state index contributed by atoms with van der Waals surface area (Å²) in [5.41, 5.74) is 0. The van der Waals surface area contributed by atoms with Gasteiger partial charge in [0.25, 0.3) is 0 Å². The summed E-state index contributed by atoms with van der Waals surface area (Å²) < 4.78 is 5.00. The normalized spacial score (nSPS) is 25.5. The minimum absolute atomic E-state index is 0.113. The van der Waals surface area contributed by atoms with Crippen LogP contribution in [0.25, 0.3) is 0 Å². The molecule has 0 bridgehead atoms. The van der Waals surface area contributed by atoms with E-state index in [1.54, 1.807) is 0 Å². The van der Waals surface area contributed by atoms with Gasteiger partial charge in [-0.1, -0.05) is 0 Å². The van der Waals surface area contributed by atoms with Gasteiger partial charge < -0.3 is 10.1 Å². The van der Waals surface area contributed by atoms with Gasteiger partial charge in [-0.2, -0.15) is 11.8 Å². The van der Waals surface area contributed by atoms with E-state index in [2.05, 4.69) is 28.7 Å². The highest BCUT2D eigenvalue weighted by atomic mass is 32.2. The molecule has 0 aromatic rings. The highest BCUT2D eigenvalue weighted by molar-refractivity contribution is 8.00. The Bertz CT molecular complexity index is 203. The van der Waals surface area contributed by atoms with E-state index in [1.807, 2.05) is 0 Å². The fraction of sp³-hybridized carbons (Fsp3) is 0.909. The fourth-order valence-electron chi connectivity index (χ4n) is 1.79. The molecular weight excluding hydrogens is 210 g/mol. The third kappa shape index (κ3) is 4.89. The molecule has 1 aliphatic rings. The summed E-state index contributed by atoms with van der Waals surface area (Å²) in [6, 6.07) is 0. The summed E-state index contributed by atoms with van der Waals surface area (Å²) in [4.78, 5) is 10.8. The van der Waals surface area contributed by atoms with E-state index >= 15 is 0 Å². The summed E-state index contributed by atoms with van der Waals surface area (Å²) in [6.07, 6.45) is 4.04. The topological polar surface area (TPSA) is 38.3 Å². The molecule has 0 amide bonds. The van der Waals surface area contributed by atoms with Gasteiger partial charge in [-0.3, -0.25) is 4.79 Å². The molecule has 0 aromatic heterocycles. The van der Waals surface area contributed by atoms with Crippen LogP contribution in [0, 0.1) is 0 Å². The maximum absolute atomic E-state index is 10.8. The van der Waals surface area contributed by atoms with Crippen LogP contribution in [0.5, 0.6) is 0 Å². The average Bonchev–Trinajstić information content (AvgIpc) is 2.64. The lowest BCUT2D eigenvalue weighted by Crippen LogP contribution is -2.33. The van der Waals surface area contributed by atoms with Gasteiger partial charge in [0.05, 0.1) is 7.11 Å². The third-order valence-corrected chi connectivity index (χ3v) is 4.30. The molecule has 1 unspecified atom stereocenters. The molecule has 1 atom stereocenters. The van der Waals surface area contributed by atoms with Crippen LogP contribution < -0.4 is 5.32 Å². The SMILES string of the molecule is COC(=O)CCCNCC1(C)CCCS1. The van der Waals surface area contributed by atoms with Crippen LogP contribution in [0.1, 0.15) is 32.6 Å². The number of rotatable bonds is 6. The molecule has 88 valence electrons. The van der Waals surface area contributed by atoms with Crippen molar-refractivity contribution in [2.24, 2.45) is 0 Å². The van der Waals surface area contributed by atoms with Crippen LogP contribution in [0.4, 0.5) is 0 Å². The molecule has 0 spiro atoms. The quantitative estimate of drug-likeness (QED) is 0.559. The van der Waals surface area contributed by atoms with Crippen LogP contribution in [0.15, 0.2) is 0 Å². The number of carbonyl (C=O) groups is 1. The maximum atomic E-state index is 10.8. The van der Waals surface area contributed by atoms with E-state index in [4.69, 9.17) is 0 Å². The Labute approximate surface area is 96.3 Å². The Balaban J connectivity index is 1.99. The minimum Gasteiger partial charge on any atom is -0.469 e. The van der Waals surface area contributed by atoms with Crippen LogP contribution in [0.3, 0.4) is 0 Å². The Hall–Kier alpha value is -0.220. The molecule has 15 heavy (non-hydrogen) atoms. The van der Waals surface area contributed by atoms with Crippen molar-refractivity contribution in [2.45, 2.75) is 37.4 Å². The Kier molecular flexibility index (Phi) is 5.47. The highest BCUT2D eigenvalue weighted by Crippen LogP contribution is 2.36. The second-order valence-corrected chi connectivity index (χ2v) is 5.94. The average molecular weight is 231 g/mol. The molecular formula is C11H21NO2S. The van der Waals surface area contributed by atoms with Gasteiger partial charge in [0.1, 0.15) is 0 Å². The van der Waals surface area contributed by atoms with Crippen molar-refractivity contribution in [2.75, 3.05) is 26.0 Å².